The SMILES string of the molecule is CC(C)(O)[C@@H]1NC(=O)CCSCc2cccc(c2)CSC[C@@H](C(N)=O)NC(=O)[C@]2(C)CCCN2C(=O)[C@H](Cc2ccc(O)cc2)NC(=O)[C@H](CC2=CN=CC2)CC(=O)[C@H](CC(=O)O)NC(=O)[C@H](Cc2c[nH]c3ccc(F)cc23)NC(=O)[C@H](Cc2c[nH]c3ccc(F)cc23)CC(=O)CNC1=O. The van der Waals surface area contributed by atoms with Gasteiger partial charge in [-0.1, -0.05) is 36.4 Å². The summed E-state index contributed by atoms with van der Waals surface area (Å²) < 4.78 is 29.8. The first-order chi connectivity index (χ1) is 47.6. The number of nitrogens with two attached hydrogens (primary N) is 1. The van der Waals surface area contributed by atoms with E-state index in [1.165, 1.54) is 128 Å². The molecule has 29 heteroatoms. The van der Waals surface area contributed by atoms with Crippen molar-refractivity contribution in [2.75, 3.05) is 24.6 Å². The zero-order chi connectivity index (χ0) is 72.0. The van der Waals surface area contributed by atoms with E-state index in [9.17, 15) is 57.7 Å². The number of benzene rings is 4. The number of allylic oxidation sites excluding steroid dienone is 1. The van der Waals surface area contributed by atoms with Gasteiger partial charge >= 0.3 is 5.97 Å². The summed E-state index contributed by atoms with van der Waals surface area (Å²) in [5.74, 6) is -13.1. The van der Waals surface area contributed by atoms with Gasteiger partial charge in [0.1, 0.15) is 47.1 Å². The van der Waals surface area contributed by atoms with Crippen LogP contribution in [0.25, 0.3) is 21.8 Å². The third kappa shape index (κ3) is 19.8. The number of ketones is 2. The van der Waals surface area contributed by atoms with E-state index < -0.39 is 162 Å². The molecule has 0 aliphatic carbocycles. The lowest BCUT2D eigenvalue weighted by atomic mass is 9.89. The number of thioether (sulfide) groups is 2. The second kappa shape index (κ2) is 33.4. The molecule has 8 atom stereocenters. The summed E-state index contributed by atoms with van der Waals surface area (Å²) in [5.41, 5.74) is 6.74. The summed E-state index contributed by atoms with van der Waals surface area (Å²) in [5, 5.41) is 48.2. The Balaban J connectivity index is 1.06. The maximum Gasteiger partial charge on any atom is 0.305 e. The number of phenols is 1. The van der Waals surface area contributed by atoms with Crippen LogP contribution in [-0.2, 0) is 83.5 Å². The highest BCUT2D eigenvalue weighted by molar-refractivity contribution is 7.98. The van der Waals surface area contributed by atoms with Gasteiger partial charge in [-0.3, -0.25) is 57.7 Å². The summed E-state index contributed by atoms with van der Waals surface area (Å²) in [6.07, 6.45) is 3.08. The standard InChI is InChI=1S/C71H81F2N11O14S2/c1-70(2,98)62-67(95)78-35-50(86)26-44(25-45-33-76-53-14-10-47(72)29-51(45)53)65(93)80-56(27-46-34-77-54-15-11-48(73)30-52(46)54)66(94)79-55(31-61(89)90)59(87)28-43(23-40-16-19-75-32-40)64(92)81-57(24-39-8-12-49(85)13-9-39)68(96)84-20-5-18-71(84,3)69(97)82-58(63(74)91)38-100-37-42-7-4-6-41(22-42)36-99-21-17-60(88)83-62/h4,6-15,19,22,29-30,32-34,43-44,55-58,62,76-77,85,98H,5,16-18,20-21,23-28,31,35-38H2,1-3H3,(H2,74,91)(H,78,95)(H,79,94)(H,80,93)(H,81,92)(H,82,97)(H,83,88)(H,89,90)/t43-,44-,55+,56+,57+,58+,62-,71+/m1/s1. The Hall–Kier alpha value is -9.74. The molecule has 5 heterocycles. The number of aromatic nitrogens is 2. The lowest BCUT2D eigenvalue weighted by Gasteiger charge is -2.37. The molecule has 25 nitrogen and oxygen atoms in total. The number of carbonyl (C=O) groups excluding carboxylic acids is 10. The van der Waals surface area contributed by atoms with Crippen molar-refractivity contribution in [3.05, 3.63) is 149 Å². The maximum atomic E-state index is 15.2. The Labute approximate surface area is 582 Å². The quantitative estimate of drug-likeness (QED) is 0.0784. The number of hydrogen-bond donors (Lipinski definition) is 12. The molecule has 9 rings (SSSR count). The van der Waals surface area contributed by atoms with Crippen molar-refractivity contribution < 1.29 is 76.8 Å². The predicted molar refractivity (Wildman–Crippen MR) is 371 cm³/mol. The molecule has 100 heavy (non-hydrogen) atoms. The van der Waals surface area contributed by atoms with Gasteiger partial charge in [0.05, 0.1) is 24.6 Å². The lowest BCUT2D eigenvalue weighted by molar-refractivity contribution is -0.147. The van der Waals surface area contributed by atoms with E-state index in [1.807, 2.05) is 24.3 Å². The molecule has 3 aliphatic rings. The monoisotopic (exact) mass is 1410 g/mol. The van der Waals surface area contributed by atoms with Crippen LogP contribution < -0.4 is 37.6 Å². The largest absolute Gasteiger partial charge is 0.508 e. The Morgan fingerprint density at radius 1 is 0.720 bits per heavy atom. The maximum absolute atomic E-state index is 15.2. The van der Waals surface area contributed by atoms with Gasteiger partial charge < -0.3 is 67.8 Å². The number of nitrogens with one attached hydrogen (secondary N) is 8. The number of aliphatic carboxylic acids is 1. The normalized spacial score (nSPS) is 23.7. The fourth-order valence-electron chi connectivity index (χ4n) is 12.5. The van der Waals surface area contributed by atoms with Crippen molar-refractivity contribution in [1.29, 1.82) is 0 Å². The summed E-state index contributed by atoms with van der Waals surface area (Å²) in [7, 11) is 0. The predicted octanol–water partition coefficient (Wildman–Crippen LogP) is 4.78. The van der Waals surface area contributed by atoms with Crippen LogP contribution in [0.4, 0.5) is 8.78 Å². The number of primary amides is 1. The van der Waals surface area contributed by atoms with Gasteiger partial charge in [0.25, 0.3) is 0 Å². The van der Waals surface area contributed by atoms with E-state index >= 15 is 19.2 Å². The molecular weight excluding hydrogens is 1330 g/mol. The average Bonchev–Trinajstić information content (AvgIpc) is 1.56. The van der Waals surface area contributed by atoms with Crippen LogP contribution in [0.1, 0.15) is 100.0 Å². The van der Waals surface area contributed by atoms with E-state index in [4.69, 9.17) is 5.73 Å². The van der Waals surface area contributed by atoms with Crippen molar-refractivity contribution in [2.45, 2.75) is 144 Å². The van der Waals surface area contributed by atoms with Crippen LogP contribution in [0.3, 0.4) is 0 Å². The number of aliphatic imine (C=N–C) groups is 1. The first kappa shape index (κ1) is 74.5. The molecule has 2 aromatic heterocycles. The number of rotatable bonds is 12. The number of carboxylic acid groups (broad SMARTS) is 1. The first-order valence-corrected chi connectivity index (χ1v) is 35.0. The molecule has 4 aromatic carbocycles. The number of fused-ring (bicyclic) bond motifs is 5. The van der Waals surface area contributed by atoms with E-state index in [1.54, 1.807) is 6.21 Å². The van der Waals surface area contributed by atoms with Crippen LogP contribution in [-0.4, -0.2) is 167 Å². The highest BCUT2D eigenvalue weighted by atomic mass is 32.2. The molecule has 6 aromatic rings. The summed E-state index contributed by atoms with van der Waals surface area (Å²) >= 11 is 2.73. The Morgan fingerprint density at radius 3 is 1.96 bits per heavy atom. The Morgan fingerprint density at radius 2 is 1.34 bits per heavy atom. The van der Waals surface area contributed by atoms with E-state index in [-0.39, 0.29) is 73.3 Å². The van der Waals surface area contributed by atoms with Gasteiger partial charge in [-0.05, 0) is 128 Å². The molecule has 0 spiro atoms. The molecule has 0 saturated carbocycles. The number of phenolic OH excluding ortho intramolecular Hbond substituents is 1. The van der Waals surface area contributed by atoms with E-state index in [2.05, 4.69) is 46.9 Å². The third-order valence-electron chi connectivity index (χ3n) is 18.0. The molecule has 1 saturated heterocycles. The molecule has 2 bridgehead atoms. The fourth-order valence-corrected chi connectivity index (χ4v) is 14.5. The molecule has 0 radical (unpaired) electrons. The Kier molecular flexibility index (Phi) is 24.9. The zero-order valence-electron chi connectivity index (χ0n) is 55.3. The van der Waals surface area contributed by atoms with Crippen molar-refractivity contribution in [1.82, 2.24) is 46.8 Å². The van der Waals surface area contributed by atoms with Crippen LogP contribution in [0.2, 0.25) is 0 Å². The Bertz CT molecular complexity index is 4150. The number of aromatic hydroxyl groups is 1. The number of carboxylic acids is 1. The summed E-state index contributed by atoms with van der Waals surface area (Å²) in [6.45, 7) is 3.42. The van der Waals surface area contributed by atoms with Crippen LogP contribution >= 0.6 is 23.5 Å². The number of aromatic amines is 2. The highest BCUT2D eigenvalue weighted by Crippen LogP contribution is 2.33. The second-order valence-corrected chi connectivity index (χ2v) is 28.3. The fraction of sp³-hybridized carbons (Fsp3) is 0.408. The number of Topliss-reactive ketones (excluding diaryl/α,β-unsaturated/α-hetero) is 2. The number of amides is 8. The van der Waals surface area contributed by atoms with Crippen LogP contribution in [0.5, 0.6) is 5.75 Å². The number of carbonyl (C=O) groups is 11. The van der Waals surface area contributed by atoms with Crippen molar-refractivity contribution in [2.24, 2.45) is 22.6 Å². The van der Waals surface area contributed by atoms with Crippen molar-refractivity contribution in [3.8, 4) is 5.75 Å². The number of hydrogen-bond acceptors (Lipinski definition) is 16. The smallest absolute Gasteiger partial charge is 0.305 e. The molecule has 1 fully saturated rings. The van der Waals surface area contributed by atoms with Gasteiger partial charge in [0, 0.05) is 127 Å². The average molecular weight is 1410 g/mol. The second-order valence-electron chi connectivity index (χ2n) is 26.2. The lowest BCUT2D eigenvalue weighted by Crippen LogP contribution is -2.62. The first-order valence-electron chi connectivity index (χ1n) is 32.7. The summed E-state index contributed by atoms with van der Waals surface area (Å²) in [6, 6.07) is 13.2. The molecule has 530 valence electrons. The minimum Gasteiger partial charge on any atom is -0.508 e. The number of halogens is 2. The van der Waals surface area contributed by atoms with Crippen molar-refractivity contribution in [3.63, 3.8) is 0 Å². The molecule has 13 N–H and O–H groups in total. The van der Waals surface area contributed by atoms with Crippen LogP contribution in [0.15, 0.2) is 114 Å². The number of nitrogens with zero attached hydrogens (tertiary/aromatic N) is 2. The zero-order valence-corrected chi connectivity index (χ0v) is 57.0. The van der Waals surface area contributed by atoms with Crippen LogP contribution in [0, 0.1) is 23.5 Å². The van der Waals surface area contributed by atoms with Crippen molar-refractivity contribution >= 4 is 116 Å². The van der Waals surface area contributed by atoms with Gasteiger partial charge in [-0.15, -0.1) is 0 Å². The van der Waals surface area contributed by atoms with E-state index in [0.29, 0.717) is 51.0 Å². The third-order valence-corrected chi connectivity index (χ3v) is 20.1. The molecule has 3 aliphatic heterocycles. The summed E-state index contributed by atoms with van der Waals surface area (Å²) in [4.78, 5) is 169. The van der Waals surface area contributed by atoms with E-state index in [0.717, 1.165) is 11.1 Å². The number of H-pyrrole nitrogens is 2. The molecule has 8 amide bonds. The topological polar surface area (TPSA) is 394 Å². The molecule has 0 unspecified atom stereocenters. The number of aliphatic hydroxyl groups is 1. The molecular formula is C71H81F2N11O14S2. The minimum absolute atomic E-state index is 0.0367. The van der Waals surface area contributed by atoms with Gasteiger partial charge in [0.15, 0.2) is 11.6 Å². The van der Waals surface area contributed by atoms with Gasteiger partial charge in [-0.25, -0.2) is 8.78 Å². The minimum atomic E-state index is -1.92. The van der Waals surface area contributed by atoms with Gasteiger partial charge in [0.2, 0.25) is 47.3 Å². The highest BCUT2D eigenvalue weighted by Gasteiger charge is 2.49. The van der Waals surface area contributed by atoms with Gasteiger partial charge in [-0.2, -0.15) is 23.5 Å².